The van der Waals surface area contributed by atoms with Gasteiger partial charge in [-0.1, -0.05) is 0 Å². The minimum absolute atomic E-state index is 0.386. The summed E-state index contributed by atoms with van der Waals surface area (Å²) < 4.78 is 2.82. The van der Waals surface area contributed by atoms with Crippen molar-refractivity contribution >= 4 is 33.8 Å². The first kappa shape index (κ1) is 11.8. The van der Waals surface area contributed by atoms with E-state index in [1.54, 1.807) is 0 Å². The van der Waals surface area contributed by atoms with Crippen LogP contribution in [0.3, 0.4) is 0 Å². The van der Waals surface area contributed by atoms with Crippen LogP contribution in [0.4, 0.5) is 0 Å². The van der Waals surface area contributed by atoms with E-state index in [0.717, 1.165) is 17.1 Å². The second kappa shape index (κ2) is 4.55. The summed E-state index contributed by atoms with van der Waals surface area (Å²) in [7, 11) is 0. The third kappa shape index (κ3) is 1.87. The Balaban J connectivity index is 2.00. The fraction of sp³-hybridized carbons (Fsp3) is 0.0588. The zero-order valence-electron chi connectivity index (χ0n) is 11.0. The predicted octanol–water partition coefficient (Wildman–Crippen LogP) is 3.82. The van der Waals surface area contributed by atoms with Crippen molar-refractivity contribution in [3.63, 3.8) is 0 Å². The molecule has 0 unspecified atom stereocenters. The van der Waals surface area contributed by atoms with Crippen molar-refractivity contribution < 1.29 is 0 Å². The molecule has 0 atom stereocenters. The monoisotopic (exact) mass is 324 g/mol. The van der Waals surface area contributed by atoms with Gasteiger partial charge < -0.3 is 0 Å². The Kier molecular flexibility index (Phi) is 2.69. The molecular weight excluding hydrogens is 311 g/mol. The number of fused-ring (bicyclic) bond motifs is 3. The number of aromatic nitrogens is 2. The predicted molar refractivity (Wildman–Crippen MR) is 84.2 cm³/mol. The van der Waals surface area contributed by atoms with Crippen LogP contribution in [0.15, 0.2) is 54.7 Å². The molecule has 0 N–H and O–H groups in total. The molecule has 20 heavy (non-hydrogen) atoms. The Morgan fingerprint density at radius 1 is 0.850 bits per heavy atom. The number of hydrogen-bond acceptors (Lipinski definition) is 2. The molecule has 3 heterocycles. The van der Waals surface area contributed by atoms with Gasteiger partial charge in [-0.25, -0.2) is 0 Å². The van der Waals surface area contributed by atoms with Crippen LogP contribution in [0.1, 0.15) is 5.69 Å². The molecule has 0 bridgehead atoms. The Hall–Kier alpha value is -1.96. The molecule has 0 saturated heterocycles. The van der Waals surface area contributed by atoms with Gasteiger partial charge in [-0.15, -0.1) is 0 Å². The standard InChI is InChI=1S/C17H12N2Se/c1-11-5-4-7-14(19-11)15-9-13-12-6-2-3-8-16(12)20-17(13)10-18-15/h2-10H,1H3. The maximum absolute atomic E-state index is 4.60. The van der Waals surface area contributed by atoms with E-state index in [9.17, 15) is 0 Å². The number of aryl methyl sites for hydroxylation is 1. The van der Waals surface area contributed by atoms with E-state index in [-0.39, 0.29) is 0 Å². The van der Waals surface area contributed by atoms with Crippen LogP contribution < -0.4 is 0 Å². The molecule has 3 aromatic heterocycles. The van der Waals surface area contributed by atoms with Gasteiger partial charge in [-0.3, -0.25) is 0 Å². The average molecular weight is 323 g/mol. The van der Waals surface area contributed by atoms with E-state index >= 15 is 0 Å². The van der Waals surface area contributed by atoms with Crippen LogP contribution in [0.2, 0.25) is 0 Å². The van der Waals surface area contributed by atoms with Gasteiger partial charge in [0.05, 0.1) is 0 Å². The Morgan fingerprint density at radius 2 is 1.75 bits per heavy atom. The number of benzene rings is 1. The first-order chi connectivity index (χ1) is 9.81. The summed E-state index contributed by atoms with van der Waals surface area (Å²) in [6, 6.07) is 16.9. The Bertz CT molecular complexity index is 924. The molecule has 4 aromatic rings. The molecule has 0 saturated carbocycles. The van der Waals surface area contributed by atoms with Gasteiger partial charge in [0, 0.05) is 0 Å². The molecule has 4 rings (SSSR count). The fourth-order valence-electron chi connectivity index (χ4n) is 2.46. The molecule has 0 amide bonds. The summed E-state index contributed by atoms with van der Waals surface area (Å²) in [5.74, 6) is 0. The zero-order valence-corrected chi connectivity index (χ0v) is 12.7. The van der Waals surface area contributed by atoms with Crippen LogP contribution in [0.25, 0.3) is 30.7 Å². The molecule has 0 aliphatic carbocycles. The third-order valence-electron chi connectivity index (χ3n) is 3.42. The van der Waals surface area contributed by atoms with E-state index in [1.165, 1.54) is 19.3 Å². The quantitative estimate of drug-likeness (QED) is 0.498. The van der Waals surface area contributed by atoms with E-state index < -0.39 is 0 Å². The van der Waals surface area contributed by atoms with Crippen molar-refractivity contribution in [3.05, 3.63) is 60.4 Å². The second-order valence-corrected chi connectivity index (χ2v) is 7.10. The van der Waals surface area contributed by atoms with Gasteiger partial charge in [0.1, 0.15) is 0 Å². The van der Waals surface area contributed by atoms with Crippen molar-refractivity contribution in [1.29, 1.82) is 0 Å². The van der Waals surface area contributed by atoms with E-state index in [1.807, 2.05) is 31.3 Å². The SMILES string of the molecule is Cc1cccc(-c2cc3c(cn2)[se]c2ccccc23)n1. The molecule has 0 radical (unpaired) electrons. The molecule has 0 fully saturated rings. The summed E-state index contributed by atoms with van der Waals surface area (Å²) in [5.41, 5.74) is 2.93. The van der Waals surface area contributed by atoms with E-state index in [0.29, 0.717) is 14.5 Å². The normalized spacial score (nSPS) is 11.2. The van der Waals surface area contributed by atoms with Gasteiger partial charge in [0.15, 0.2) is 0 Å². The second-order valence-electron chi connectivity index (χ2n) is 4.83. The molecule has 3 heteroatoms. The van der Waals surface area contributed by atoms with Crippen molar-refractivity contribution in [2.24, 2.45) is 0 Å². The zero-order chi connectivity index (χ0) is 13.5. The summed E-state index contributed by atoms with van der Waals surface area (Å²) >= 11 is 0.386. The number of hydrogen-bond donors (Lipinski definition) is 0. The van der Waals surface area contributed by atoms with Crippen LogP contribution in [0, 0.1) is 6.92 Å². The van der Waals surface area contributed by atoms with Crippen molar-refractivity contribution in [1.82, 2.24) is 9.97 Å². The summed E-state index contributed by atoms with van der Waals surface area (Å²) in [6.07, 6.45) is 2.02. The summed E-state index contributed by atoms with van der Waals surface area (Å²) in [4.78, 5) is 9.17. The number of pyridine rings is 2. The maximum atomic E-state index is 4.60. The first-order valence-corrected chi connectivity index (χ1v) is 8.24. The molecule has 2 nitrogen and oxygen atoms in total. The topological polar surface area (TPSA) is 25.8 Å². The van der Waals surface area contributed by atoms with Crippen molar-refractivity contribution in [2.45, 2.75) is 6.92 Å². The Morgan fingerprint density at radius 3 is 2.65 bits per heavy atom. The number of nitrogens with zero attached hydrogens (tertiary/aromatic N) is 2. The summed E-state index contributed by atoms with van der Waals surface area (Å²) in [6.45, 7) is 2.01. The van der Waals surface area contributed by atoms with Crippen LogP contribution in [-0.4, -0.2) is 24.5 Å². The molecule has 1 aromatic carbocycles. The Labute approximate surface area is 122 Å². The summed E-state index contributed by atoms with van der Waals surface area (Å²) in [5, 5.41) is 2.69. The molecule has 0 aliphatic rings. The van der Waals surface area contributed by atoms with E-state index in [2.05, 4.69) is 40.3 Å². The average Bonchev–Trinajstić information content (AvgIpc) is 2.85. The van der Waals surface area contributed by atoms with Crippen molar-refractivity contribution in [3.8, 4) is 11.4 Å². The molecular formula is C17H12N2Se. The van der Waals surface area contributed by atoms with E-state index in [4.69, 9.17) is 0 Å². The number of rotatable bonds is 1. The van der Waals surface area contributed by atoms with Crippen LogP contribution in [0.5, 0.6) is 0 Å². The molecule has 0 aliphatic heterocycles. The molecule has 96 valence electrons. The van der Waals surface area contributed by atoms with Gasteiger partial charge >= 0.3 is 122 Å². The minimum atomic E-state index is 0.386. The third-order valence-corrected chi connectivity index (χ3v) is 5.77. The van der Waals surface area contributed by atoms with Gasteiger partial charge in [-0.2, -0.15) is 0 Å². The van der Waals surface area contributed by atoms with Gasteiger partial charge in [0.2, 0.25) is 0 Å². The molecule has 0 spiro atoms. The van der Waals surface area contributed by atoms with Crippen molar-refractivity contribution in [2.75, 3.05) is 0 Å². The van der Waals surface area contributed by atoms with Gasteiger partial charge in [0.25, 0.3) is 0 Å². The van der Waals surface area contributed by atoms with Gasteiger partial charge in [-0.05, 0) is 0 Å². The van der Waals surface area contributed by atoms with Crippen LogP contribution >= 0.6 is 0 Å². The van der Waals surface area contributed by atoms with Crippen LogP contribution in [-0.2, 0) is 0 Å². The fourth-order valence-corrected chi connectivity index (χ4v) is 4.67. The first-order valence-electron chi connectivity index (χ1n) is 6.52.